The number of aromatic nitrogens is 1. The number of hydrogen-bond donors (Lipinski definition) is 0. The zero-order valence-electron chi connectivity index (χ0n) is 25.8. The summed E-state index contributed by atoms with van der Waals surface area (Å²) >= 11 is 0. The summed E-state index contributed by atoms with van der Waals surface area (Å²) in [7, 11) is 0. The van der Waals surface area contributed by atoms with Crippen molar-refractivity contribution in [2.24, 2.45) is 0 Å². The lowest BCUT2D eigenvalue weighted by atomic mass is 9.36. The van der Waals surface area contributed by atoms with Crippen LogP contribution in [0.3, 0.4) is 0 Å². The highest BCUT2D eigenvalue weighted by Crippen LogP contribution is 2.47. The standard InChI is InChI=1S/C44H25BN2O/c1-2-12-26(13-3-1)46-36-21-11-22-37-40(36)45(44-43(46)34-18-8-9-23-38(34)48-44)35-20-10-19-32-33-25-24-31-29-16-5-4-14-27(29)28-15-6-7-17-30(28)39(31)42(33)47(37)41(32)35/h1-25H. The topological polar surface area (TPSA) is 21.3 Å². The number of para-hydroxylation sites is 3. The fraction of sp³-hybridized carbons (Fsp3) is 0. The molecule has 0 aliphatic carbocycles. The molecule has 48 heavy (non-hydrogen) atoms. The molecule has 4 heteroatoms. The van der Waals surface area contributed by atoms with E-state index in [4.69, 9.17) is 4.42 Å². The van der Waals surface area contributed by atoms with E-state index in [1.807, 2.05) is 0 Å². The van der Waals surface area contributed by atoms with E-state index >= 15 is 0 Å². The van der Waals surface area contributed by atoms with Gasteiger partial charge in [0.25, 0.3) is 6.71 Å². The van der Waals surface area contributed by atoms with Crippen molar-refractivity contribution in [2.75, 3.05) is 4.90 Å². The van der Waals surface area contributed by atoms with Gasteiger partial charge in [0.2, 0.25) is 0 Å². The maximum absolute atomic E-state index is 6.94. The fourth-order valence-electron chi connectivity index (χ4n) is 9.14. The molecular formula is C44H25BN2O. The van der Waals surface area contributed by atoms with Crippen molar-refractivity contribution in [3.05, 3.63) is 152 Å². The molecule has 0 radical (unpaired) electrons. The third-order valence-electron chi connectivity index (χ3n) is 10.9. The summed E-state index contributed by atoms with van der Waals surface area (Å²) in [6.07, 6.45) is 0. The lowest BCUT2D eigenvalue weighted by molar-refractivity contribution is 0.651. The molecule has 2 aliphatic heterocycles. The molecule has 0 spiro atoms. The van der Waals surface area contributed by atoms with E-state index in [1.54, 1.807) is 0 Å². The van der Waals surface area contributed by atoms with Crippen LogP contribution in [0.4, 0.5) is 17.1 Å². The van der Waals surface area contributed by atoms with E-state index in [2.05, 4.69) is 161 Å². The van der Waals surface area contributed by atoms with Crippen LogP contribution in [-0.4, -0.2) is 11.3 Å². The van der Waals surface area contributed by atoms with Gasteiger partial charge in [0.1, 0.15) is 5.58 Å². The Balaban J connectivity index is 1.32. The lowest BCUT2D eigenvalue weighted by Crippen LogP contribution is -2.59. The number of hydrogen-bond acceptors (Lipinski definition) is 2. The molecule has 0 bridgehead atoms. The second-order valence-corrected chi connectivity index (χ2v) is 13.2. The normalized spacial score (nSPS) is 13.3. The lowest BCUT2D eigenvalue weighted by Gasteiger charge is -2.37. The van der Waals surface area contributed by atoms with Crippen LogP contribution in [0.5, 0.6) is 0 Å². The Morgan fingerprint density at radius 1 is 0.438 bits per heavy atom. The molecule has 220 valence electrons. The molecule has 0 N–H and O–H groups in total. The first-order valence-electron chi connectivity index (χ1n) is 16.7. The Kier molecular flexibility index (Phi) is 4.54. The molecule has 4 heterocycles. The van der Waals surface area contributed by atoms with Gasteiger partial charge in [0, 0.05) is 44.1 Å². The van der Waals surface area contributed by atoms with Crippen LogP contribution in [0, 0.1) is 0 Å². The van der Waals surface area contributed by atoms with Gasteiger partial charge in [-0.25, -0.2) is 0 Å². The molecule has 0 unspecified atom stereocenters. The second-order valence-electron chi connectivity index (χ2n) is 13.2. The molecule has 2 aromatic heterocycles. The Morgan fingerprint density at radius 2 is 1.02 bits per heavy atom. The van der Waals surface area contributed by atoms with Crippen molar-refractivity contribution in [2.45, 2.75) is 0 Å². The first-order valence-corrected chi connectivity index (χ1v) is 16.7. The van der Waals surface area contributed by atoms with Crippen LogP contribution in [0.2, 0.25) is 0 Å². The fourth-order valence-corrected chi connectivity index (χ4v) is 9.14. The third kappa shape index (κ3) is 2.89. The summed E-state index contributed by atoms with van der Waals surface area (Å²) in [5, 5.41) is 11.4. The van der Waals surface area contributed by atoms with Gasteiger partial charge >= 0.3 is 0 Å². The summed E-state index contributed by atoms with van der Waals surface area (Å²) in [6, 6.07) is 55.4. The Morgan fingerprint density at radius 3 is 1.83 bits per heavy atom. The van der Waals surface area contributed by atoms with Crippen molar-refractivity contribution < 1.29 is 4.42 Å². The average molecular weight is 609 g/mol. The van der Waals surface area contributed by atoms with Gasteiger partial charge in [-0.05, 0) is 74.3 Å². The van der Waals surface area contributed by atoms with Crippen LogP contribution >= 0.6 is 0 Å². The second kappa shape index (κ2) is 8.75. The minimum Gasteiger partial charge on any atom is -0.468 e. The van der Waals surface area contributed by atoms with Gasteiger partial charge in [0.05, 0.1) is 16.9 Å². The smallest absolute Gasteiger partial charge is 0.297 e. The highest BCUT2D eigenvalue weighted by atomic mass is 16.3. The number of fused-ring (bicyclic) bond motifs is 16. The highest BCUT2D eigenvalue weighted by Gasteiger charge is 2.45. The van der Waals surface area contributed by atoms with Crippen molar-refractivity contribution in [1.29, 1.82) is 0 Å². The first kappa shape index (κ1) is 24.9. The zero-order chi connectivity index (χ0) is 31.1. The monoisotopic (exact) mass is 608 g/mol. The molecule has 2 aliphatic rings. The molecule has 0 saturated carbocycles. The zero-order valence-corrected chi connectivity index (χ0v) is 25.8. The number of nitrogens with zero attached hydrogens (tertiary/aromatic N) is 2. The van der Waals surface area contributed by atoms with Gasteiger partial charge in [-0.3, -0.25) is 0 Å². The van der Waals surface area contributed by atoms with Crippen LogP contribution in [0.15, 0.2) is 156 Å². The molecular weight excluding hydrogens is 583 g/mol. The molecule has 8 aromatic carbocycles. The van der Waals surface area contributed by atoms with E-state index in [9.17, 15) is 0 Å². The first-order chi connectivity index (χ1) is 23.9. The summed E-state index contributed by atoms with van der Waals surface area (Å²) in [6.45, 7) is -0.0390. The predicted molar refractivity (Wildman–Crippen MR) is 202 cm³/mol. The van der Waals surface area contributed by atoms with Crippen molar-refractivity contribution >= 4 is 105 Å². The van der Waals surface area contributed by atoms with E-state index in [-0.39, 0.29) is 6.71 Å². The molecule has 3 nitrogen and oxygen atoms in total. The van der Waals surface area contributed by atoms with Crippen LogP contribution in [0.25, 0.3) is 70.8 Å². The van der Waals surface area contributed by atoms with E-state index < -0.39 is 0 Å². The minimum atomic E-state index is -0.0390. The highest BCUT2D eigenvalue weighted by molar-refractivity contribution is 7.00. The largest absolute Gasteiger partial charge is 0.468 e. The van der Waals surface area contributed by atoms with E-state index in [0.29, 0.717) is 0 Å². The van der Waals surface area contributed by atoms with Crippen molar-refractivity contribution in [1.82, 2.24) is 4.57 Å². The summed E-state index contributed by atoms with van der Waals surface area (Å²) in [5.74, 6) is 0. The summed E-state index contributed by atoms with van der Waals surface area (Å²) in [4.78, 5) is 2.42. The van der Waals surface area contributed by atoms with Gasteiger partial charge < -0.3 is 13.9 Å². The van der Waals surface area contributed by atoms with Crippen LogP contribution in [0.1, 0.15) is 0 Å². The molecule has 12 rings (SSSR count). The molecule has 0 saturated heterocycles. The van der Waals surface area contributed by atoms with Crippen LogP contribution in [-0.2, 0) is 0 Å². The number of anilines is 3. The maximum Gasteiger partial charge on any atom is 0.297 e. The maximum atomic E-state index is 6.94. The van der Waals surface area contributed by atoms with E-state index in [1.165, 1.54) is 76.4 Å². The van der Waals surface area contributed by atoms with Gasteiger partial charge in [-0.15, -0.1) is 0 Å². The Hall–Kier alpha value is -6.26. The van der Waals surface area contributed by atoms with Crippen molar-refractivity contribution in [3.8, 4) is 5.69 Å². The van der Waals surface area contributed by atoms with Crippen molar-refractivity contribution in [3.63, 3.8) is 0 Å². The quantitative estimate of drug-likeness (QED) is 0.137. The summed E-state index contributed by atoms with van der Waals surface area (Å²) in [5.41, 5.74) is 11.7. The SMILES string of the molecule is c1ccc(N2c3cccc4c3B(c3oc5ccccc5c32)c2cccc3c5ccc6c7ccccc7c7ccccc7c6c5n-4c23)cc1. The molecule has 0 amide bonds. The summed E-state index contributed by atoms with van der Waals surface area (Å²) < 4.78 is 9.52. The third-order valence-corrected chi connectivity index (χ3v) is 10.9. The average Bonchev–Trinajstić information content (AvgIpc) is 3.70. The molecule has 0 atom stereocenters. The number of rotatable bonds is 1. The predicted octanol–water partition coefficient (Wildman–Crippen LogP) is 9.60. The molecule has 10 aromatic rings. The molecule has 0 fully saturated rings. The van der Waals surface area contributed by atoms with E-state index in [0.717, 1.165) is 28.0 Å². The van der Waals surface area contributed by atoms with Crippen LogP contribution < -0.4 is 21.5 Å². The number of benzene rings is 8. The van der Waals surface area contributed by atoms with Gasteiger partial charge in [-0.2, -0.15) is 0 Å². The Bertz CT molecular complexity index is 2990. The van der Waals surface area contributed by atoms with Gasteiger partial charge in [0.15, 0.2) is 0 Å². The minimum absolute atomic E-state index is 0.0390. The Labute approximate surface area is 275 Å². The van der Waals surface area contributed by atoms with Gasteiger partial charge in [-0.1, -0.05) is 115 Å². The number of furan rings is 1.